The van der Waals surface area contributed by atoms with Gasteiger partial charge in [-0.1, -0.05) is 38.5 Å². The summed E-state index contributed by atoms with van der Waals surface area (Å²) in [6, 6.07) is 7.28. The van der Waals surface area contributed by atoms with Crippen molar-refractivity contribution in [3.8, 4) is 0 Å². The first-order valence-corrected chi connectivity index (χ1v) is 8.62. The monoisotopic (exact) mass is 316 g/mol. The summed E-state index contributed by atoms with van der Waals surface area (Å²) in [4.78, 5) is 27.1. The van der Waals surface area contributed by atoms with Crippen LogP contribution in [-0.2, 0) is 4.79 Å². The number of benzene rings is 1. The van der Waals surface area contributed by atoms with E-state index in [4.69, 9.17) is 0 Å². The Kier molecular flexibility index (Phi) is 5.80. The number of nitrogens with zero attached hydrogens (tertiary/aromatic N) is 1. The molecule has 2 amide bonds. The highest BCUT2D eigenvalue weighted by molar-refractivity contribution is 5.95. The summed E-state index contributed by atoms with van der Waals surface area (Å²) in [6.45, 7) is 8.88. The van der Waals surface area contributed by atoms with Crippen LogP contribution in [0.25, 0.3) is 0 Å². The molecule has 23 heavy (non-hydrogen) atoms. The Labute approximate surface area is 139 Å². The first kappa shape index (κ1) is 17.5. The van der Waals surface area contributed by atoms with Crippen molar-refractivity contribution in [1.29, 1.82) is 0 Å². The third-order valence-electron chi connectivity index (χ3n) is 4.75. The SMILES string of the molecule is CCC(C(=O)[C@@H]1CCCN1C(=O)Nc1ccc(C)cc1)C(C)C. The van der Waals surface area contributed by atoms with Gasteiger partial charge >= 0.3 is 6.03 Å². The Morgan fingerprint density at radius 1 is 1.26 bits per heavy atom. The molecule has 4 heteroatoms. The number of anilines is 1. The molecule has 126 valence electrons. The fraction of sp³-hybridized carbons (Fsp3) is 0.579. The van der Waals surface area contributed by atoms with Gasteiger partial charge in [-0.15, -0.1) is 0 Å². The molecule has 2 atom stereocenters. The highest BCUT2D eigenvalue weighted by Crippen LogP contribution is 2.26. The molecule has 1 heterocycles. The van der Waals surface area contributed by atoms with Gasteiger partial charge in [0, 0.05) is 18.2 Å². The van der Waals surface area contributed by atoms with Crippen molar-refractivity contribution in [2.45, 2.75) is 53.0 Å². The quantitative estimate of drug-likeness (QED) is 0.883. The number of rotatable bonds is 5. The van der Waals surface area contributed by atoms with E-state index in [0.717, 1.165) is 30.5 Å². The second-order valence-corrected chi connectivity index (χ2v) is 6.81. The molecule has 2 rings (SSSR count). The molecule has 1 aromatic rings. The predicted octanol–water partition coefficient (Wildman–Crippen LogP) is 4.24. The van der Waals surface area contributed by atoms with Crippen LogP contribution in [0.2, 0.25) is 0 Å². The van der Waals surface area contributed by atoms with E-state index < -0.39 is 0 Å². The van der Waals surface area contributed by atoms with E-state index in [1.54, 1.807) is 4.90 Å². The molecule has 0 spiro atoms. The van der Waals surface area contributed by atoms with Crippen molar-refractivity contribution in [2.75, 3.05) is 11.9 Å². The van der Waals surface area contributed by atoms with Crippen LogP contribution in [0.4, 0.5) is 10.5 Å². The molecule has 0 saturated carbocycles. The summed E-state index contributed by atoms with van der Waals surface area (Å²) in [5.41, 5.74) is 1.93. The molecule has 0 radical (unpaired) electrons. The molecular formula is C19H28N2O2. The zero-order valence-electron chi connectivity index (χ0n) is 14.6. The topological polar surface area (TPSA) is 49.4 Å². The number of Topliss-reactive ketones (excluding diaryl/α,β-unsaturated/α-hetero) is 1. The Bertz CT molecular complexity index is 551. The number of carbonyl (C=O) groups is 2. The molecule has 0 bridgehead atoms. The molecule has 1 N–H and O–H groups in total. The van der Waals surface area contributed by atoms with Gasteiger partial charge in [-0.05, 0) is 44.2 Å². The van der Waals surface area contributed by atoms with E-state index in [2.05, 4.69) is 19.2 Å². The van der Waals surface area contributed by atoms with Crippen LogP contribution in [0.3, 0.4) is 0 Å². The minimum absolute atomic E-state index is 0.0350. The Morgan fingerprint density at radius 2 is 1.91 bits per heavy atom. The van der Waals surface area contributed by atoms with E-state index in [1.807, 2.05) is 38.1 Å². The van der Waals surface area contributed by atoms with Crippen molar-refractivity contribution in [2.24, 2.45) is 11.8 Å². The van der Waals surface area contributed by atoms with Crippen molar-refractivity contribution >= 4 is 17.5 Å². The van der Waals surface area contributed by atoms with Gasteiger partial charge in [-0.25, -0.2) is 4.79 Å². The number of urea groups is 1. The number of amides is 2. The summed E-state index contributed by atoms with van der Waals surface area (Å²) in [5.74, 6) is 0.571. The fourth-order valence-corrected chi connectivity index (χ4v) is 3.39. The van der Waals surface area contributed by atoms with Crippen LogP contribution < -0.4 is 5.32 Å². The summed E-state index contributed by atoms with van der Waals surface area (Å²) >= 11 is 0. The number of hydrogen-bond acceptors (Lipinski definition) is 2. The second kappa shape index (κ2) is 7.62. The van der Waals surface area contributed by atoms with Gasteiger partial charge in [0.2, 0.25) is 0 Å². The van der Waals surface area contributed by atoms with Gasteiger partial charge in [0.25, 0.3) is 0 Å². The van der Waals surface area contributed by atoms with Crippen LogP contribution in [0.1, 0.15) is 45.6 Å². The molecule has 0 aliphatic carbocycles. The van der Waals surface area contributed by atoms with E-state index in [9.17, 15) is 9.59 Å². The van der Waals surface area contributed by atoms with Gasteiger partial charge in [0.05, 0.1) is 6.04 Å². The number of carbonyl (C=O) groups excluding carboxylic acids is 2. The van der Waals surface area contributed by atoms with Gasteiger partial charge < -0.3 is 10.2 Å². The molecule has 1 aliphatic rings. The molecular weight excluding hydrogens is 288 g/mol. The van der Waals surface area contributed by atoms with Gasteiger partial charge in [-0.2, -0.15) is 0 Å². The van der Waals surface area contributed by atoms with Crippen molar-refractivity contribution in [3.63, 3.8) is 0 Å². The lowest BCUT2D eigenvalue weighted by Crippen LogP contribution is -2.45. The lowest BCUT2D eigenvalue weighted by atomic mass is 9.85. The normalized spacial score (nSPS) is 19.0. The van der Waals surface area contributed by atoms with E-state index in [0.29, 0.717) is 12.5 Å². The molecule has 1 saturated heterocycles. The smallest absolute Gasteiger partial charge is 0.314 e. The van der Waals surface area contributed by atoms with Crippen molar-refractivity contribution in [3.05, 3.63) is 29.8 Å². The lowest BCUT2D eigenvalue weighted by Gasteiger charge is -2.28. The summed E-state index contributed by atoms with van der Waals surface area (Å²) < 4.78 is 0. The largest absolute Gasteiger partial charge is 0.322 e. The molecule has 1 fully saturated rings. The number of likely N-dealkylation sites (tertiary alicyclic amines) is 1. The lowest BCUT2D eigenvalue weighted by molar-refractivity contribution is -0.127. The first-order valence-electron chi connectivity index (χ1n) is 8.62. The van der Waals surface area contributed by atoms with E-state index in [-0.39, 0.29) is 23.8 Å². The van der Waals surface area contributed by atoms with Gasteiger partial charge in [0.15, 0.2) is 5.78 Å². The fourth-order valence-electron chi connectivity index (χ4n) is 3.39. The zero-order chi connectivity index (χ0) is 17.0. The van der Waals surface area contributed by atoms with E-state index in [1.165, 1.54) is 0 Å². The van der Waals surface area contributed by atoms with Crippen LogP contribution in [0.5, 0.6) is 0 Å². The second-order valence-electron chi connectivity index (χ2n) is 6.81. The summed E-state index contributed by atoms with van der Waals surface area (Å²) in [6.07, 6.45) is 2.51. The third kappa shape index (κ3) is 4.12. The Hall–Kier alpha value is -1.84. The standard InChI is InChI=1S/C19H28N2O2/c1-5-16(13(2)3)18(22)17-7-6-12-21(17)19(23)20-15-10-8-14(4)9-11-15/h8-11,13,16-17H,5-7,12H2,1-4H3,(H,20,23)/t16?,17-/m0/s1. The van der Waals surface area contributed by atoms with Crippen LogP contribution >= 0.6 is 0 Å². The maximum absolute atomic E-state index is 12.8. The molecule has 4 nitrogen and oxygen atoms in total. The molecule has 1 aromatic carbocycles. The number of ketones is 1. The third-order valence-corrected chi connectivity index (χ3v) is 4.75. The predicted molar refractivity (Wildman–Crippen MR) is 93.6 cm³/mol. The average molecular weight is 316 g/mol. The van der Waals surface area contributed by atoms with Crippen LogP contribution in [0.15, 0.2) is 24.3 Å². The molecule has 1 unspecified atom stereocenters. The van der Waals surface area contributed by atoms with Crippen molar-refractivity contribution < 1.29 is 9.59 Å². The highest BCUT2D eigenvalue weighted by Gasteiger charge is 2.37. The van der Waals surface area contributed by atoms with Crippen LogP contribution in [-0.4, -0.2) is 29.3 Å². The summed E-state index contributed by atoms with van der Waals surface area (Å²) in [5, 5.41) is 2.92. The first-order chi connectivity index (χ1) is 10.9. The van der Waals surface area contributed by atoms with Gasteiger partial charge in [0.1, 0.15) is 0 Å². The number of nitrogens with one attached hydrogen (secondary N) is 1. The molecule has 1 aliphatic heterocycles. The maximum Gasteiger partial charge on any atom is 0.322 e. The minimum Gasteiger partial charge on any atom is -0.314 e. The van der Waals surface area contributed by atoms with Crippen LogP contribution in [0, 0.1) is 18.8 Å². The Morgan fingerprint density at radius 3 is 2.48 bits per heavy atom. The maximum atomic E-state index is 12.8. The van der Waals surface area contributed by atoms with E-state index >= 15 is 0 Å². The minimum atomic E-state index is -0.271. The average Bonchev–Trinajstić information content (AvgIpc) is 2.99. The summed E-state index contributed by atoms with van der Waals surface area (Å²) in [7, 11) is 0. The van der Waals surface area contributed by atoms with Gasteiger partial charge in [-0.3, -0.25) is 4.79 Å². The Balaban J connectivity index is 2.07. The van der Waals surface area contributed by atoms with Crippen molar-refractivity contribution in [1.82, 2.24) is 4.90 Å². The highest BCUT2D eigenvalue weighted by atomic mass is 16.2. The number of hydrogen-bond donors (Lipinski definition) is 1. The zero-order valence-corrected chi connectivity index (χ0v) is 14.6. The molecule has 0 aromatic heterocycles. The number of aryl methyl sites for hydroxylation is 1.